The predicted molar refractivity (Wildman–Crippen MR) is 126 cm³/mol. The van der Waals surface area contributed by atoms with Gasteiger partial charge in [0.05, 0.1) is 17.7 Å². The number of benzene rings is 3. The van der Waals surface area contributed by atoms with Crippen molar-refractivity contribution in [2.45, 2.75) is 0 Å². The number of nitrogens with one attached hydrogen (secondary N) is 2. The molecule has 6 nitrogen and oxygen atoms in total. The van der Waals surface area contributed by atoms with Crippen molar-refractivity contribution in [2.75, 3.05) is 12.4 Å². The van der Waals surface area contributed by atoms with E-state index >= 15 is 0 Å². The van der Waals surface area contributed by atoms with Gasteiger partial charge < -0.3 is 14.5 Å². The number of amides is 1. The van der Waals surface area contributed by atoms with Gasteiger partial charge in [-0.3, -0.25) is 10.1 Å². The van der Waals surface area contributed by atoms with Gasteiger partial charge in [-0.25, -0.2) is 13.8 Å². The van der Waals surface area contributed by atoms with Crippen molar-refractivity contribution >= 4 is 63.2 Å². The Labute approximate surface area is 209 Å². The molecular formula is C22H11Cl2F4N3O3S. The summed E-state index contributed by atoms with van der Waals surface area (Å²) in [5.74, 6) is -10.2. The summed E-state index contributed by atoms with van der Waals surface area (Å²) in [6, 6.07) is 9.36. The summed E-state index contributed by atoms with van der Waals surface area (Å²) in [6.45, 7) is 0. The number of carbonyl (C=O) groups excluding carboxylic acids is 1. The fraction of sp³-hybridized carbons (Fsp3) is 0.0455. The Kier molecular flexibility index (Phi) is 6.84. The van der Waals surface area contributed by atoms with Gasteiger partial charge in [-0.05, 0) is 48.6 Å². The molecule has 2 N–H and O–H groups in total. The van der Waals surface area contributed by atoms with E-state index in [0.29, 0.717) is 32.4 Å². The average molecular weight is 544 g/mol. The van der Waals surface area contributed by atoms with Gasteiger partial charge >= 0.3 is 0 Å². The van der Waals surface area contributed by atoms with E-state index in [1.54, 1.807) is 24.3 Å². The molecule has 0 spiro atoms. The summed E-state index contributed by atoms with van der Waals surface area (Å²) in [5.41, 5.74) is 0.0555. The Hall–Kier alpha value is -3.41. The summed E-state index contributed by atoms with van der Waals surface area (Å²) in [7, 11) is 0.817. The first-order valence-corrected chi connectivity index (χ1v) is 10.7. The highest BCUT2D eigenvalue weighted by molar-refractivity contribution is 7.80. The van der Waals surface area contributed by atoms with E-state index in [-0.39, 0.29) is 5.89 Å². The third kappa shape index (κ3) is 4.75. The van der Waals surface area contributed by atoms with Crippen molar-refractivity contribution in [3.8, 4) is 17.2 Å². The molecule has 0 radical (unpaired) electrons. The molecule has 1 amide bonds. The van der Waals surface area contributed by atoms with Crippen molar-refractivity contribution < 1.29 is 31.5 Å². The molecule has 0 aliphatic heterocycles. The zero-order chi connectivity index (χ0) is 25.4. The van der Waals surface area contributed by atoms with Gasteiger partial charge in [-0.1, -0.05) is 23.2 Å². The number of rotatable bonds is 4. The normalized spacial score (nSPS) is 10.9. The van der Waals surface area contributed by atoms with Crippen LogP contribution in [0, 0.1) is 23.3 Å². The number of fused-ring (bicyclic) bond motifs is 1. The lowest BCUT2D eigenvalue weighted by atomic mass is 10.1. The molecule has 0 saturated carbocycles. The Morgan fingerprint density at radius 1 is 1.03 bits per heavy atom. The Balaban J connectivity index is 1.55. The summed E-state index contributed by atoms with van der Waals surface area (Å²) < 4.78 is 66.1. The van der Waals surface area contributed by atoms with E-state index < -0.39 is 45.6 Å². The zero-order valence-corrected chi connectivity index (χ0v) is 19.6. The monoisotopic (exact) mass is 543 g/mol. The van der Waals surface area contributed by atoms with Gasteiger partial charge in [-0.15, -0.1) is 0 Å². The maximum absolute atomic E-state index is 14.2. The molecule has 0 atom stereocenters. The number of halogens is 6. The van der Waals surface area contributed by atoms with E-state index in [0.717, 1.165) is 7.11 Å². The molecule has 3 aromatic carbocycles. The predicted octanol–water partition coefficient (Wildman–Crippen LogP) is 6.49. The van der Waals surface area contributed by atoms with Crippen molar-refractivity contribution in [2.24, 2.45) is 0 Å². The summed E-state index contributed by atoms with van der Waals surface area (Å²) >= 11 is 17.2. The number of nitrogens with zero attached hydrogens (tertiary/aromatic N) is 1. The Bertz CT molecular complexity index is 1480. The first kappa shape index (κ1) is 24.7. The lowest BCUT2D eigenvalue weighted by Gasteiger charge is -2.12. The van der Waals surface area contributed by atoms with Gasteiger partial charge in [0.25, 0.3) is 5.91 Å². The maximum Gasteiger partial charge on any atom is 0.263 e. The third-order valence-corrected chi connectivity index (χ3v) is 5.45. The lowest BCUT2D eigenvalue weighted by molar-refractivity contribution is 0.0966. The van der Waals surface area contributed by atoms with E-state index in [1.165, 1.54) is 12.1 Å². The number of carbonyl (C=O) groups is 1. The molecule has 1 aromatic heterocycles. The molecule has 0 unspecified atom stereocenters. The number of aromatic nitrogens is 1. The van der Waals surface area contributed by atoms with Crippen LogP contribution in [0.2, 0.25) is 10.0 Å². The first-order valence-electron chi connectivity index (χ1n) is 9.49. The van der Waals surface area contributed by atoms with Gasteiger partial charge in [0.1, 0.15) is 11.1 Å². The molecule has 0 fully saturated rings. The molecule has 4 aromatic rings. The molecule has 0 bridgehead atoms. The standard InChI is InChI=1S/C22H11Cl2F4N3O3S/c1-33-19-17(27)15(25)14(16(26)18(19)28)20(32)31-22(35)29-9-3-5-13-12(7-9)30-21(34-13)10-6-8(23)2-4-11(10)24/h2-7H,1H3,(H2,29,31,32,35). The number of thiocarbonyl (C=S) groups is 1. The number of hydrogen-bond acceptors (Lipinski definition) is 5. The second-order valence-corrected chi connectivity index (χ2v) is 8.15. The molecule has 0 aliphatic carbocycles. The number of ether oxygens (including phenoxy) is 1. The second kappa shape index (κ2) is 9.68. The van der Waals surface area contributed by atoms with E-state index in [4.69, 9.17) is 39.8 Å². The summed E-state index contributed by atoms with van der Waals surface area (Å²) in [4.78, 5) is 16.6. The van der Waals surface area contributed by atoms with Crippen molar-refractivity contribution in [3.05, 3.63) is 75.3 Å². The topological polar surface area (TPSA) is 76.4 Å². The van der Waals surface area contributed by atoms with Crippen molar-refractivity contribution in [3.63, 3.8) is 0 Å². The first-order chi connectivity index (χ1) is 16.6. The van der Waals surface area contributed by atoms with Gasteiger partial charge in [0, 0.05) is 10.7 Å². The van der Waals surface area contributed by atoms with Crippen molar-refractivity contribution in [1.29, 1.82) is 0 Å². The van der Waals surface area contributed by atoms with Gasteiger partial charge in [-0.2, -0.15) is 8.78 Å². The molecule has 180 valence electrons. The van der Waals surface area contributed by atoms with E-state index in [2.05, 4.69) is 15.0 Å². The number of anilines is 1. The van der Waals surface area contributed by atoms with E-state index in [9.17, 15) is 22.4 Å². The molecule has 0 saturated heterocycles. The van der Waals surface area contributed by atoms with Crippen LogP contribution in [-0.4, -0.2) is 23.1 Å². The fourth-order valence-corrected chi connectivity index (χ4v) is 3.68. The highest BCUT2D eigenvalue weighted by Crippen LogP contribution is 2.33. The van der Waals surface area contributed by atoms with Gasteiger partial charge in [0.15, 0.2) is 28.1 Å². The molecular weight excluding hydrogens is 533 g/mol. The minimum atomic E-state index is -1.93. The highest BCUT2D eigenvalue weighted by atomic mass is 35.5. The van der Waals surface area contributed by atoms with Crippen LogP contribution in [0.5, 0.6) is 5.75 Å². The number of oxazole rings is 1. The quantitative estimate of drug-likeness (QED) is 0.174. The SMILES string of the molecule is COc1c(F)c(F)c(C(=O)NC(=S)Nc2ccc3oc(-c4cc(Cl)ccc4Cl)nc3c2)c(F)c1F. The van der Waals surface area contributed by atoms with Crippen molar-refractivity contribution in [1.82, 2.24) is 10.3 Å². The molecule has 35 heavy (non-hydrogen) atoms. The highest BCUT2D eigenvalue weighted by Gasteiger charge is 2.30. The Morgan fingerprint density at radius 2 is 1.71 bits per heavy atom. The minimum Gasteiger partial charge on any atom is -0.491 e. The molecule has 0 aliphatic rings. The molecule has 13 heteroatoms. The fourth-order valence-electron chi connectivity index (χ4n) is 3.10. The maximum atomic E-state index is 14.2. The van der Waals surface area contributed by atoms with Crippen LogP contribution in [0.3, 0.4) is 0 Å². The second-order valence-electron chi connectivity index (χ2n) is 6.90. The van der Waals surface area contributed by atoms with Crippen LogP contribution in [0.25, 0.3) is 22.6 Å². The average Bonchev–Trinajstić information content (AvgIpc) is 3.23. The zero-order valence-electron chi connectivity index (χ0n) is 17.3. The van der Waals surface area contributed by atoms with E-state index in [1.807, 2.05) is 5.32 Å². The molecule has 1 heterocycles. The molecule has 4 rings (SSSR count). The number of methoxy groups -OCH3 is 1. The summed E-state index contributed by atoms with van der Waals surface area (Å²) in [6.07, 6.45) is 0. The van der Waals surface area contributed by atoms with Gasteiger partial charge in [0.2, 0.25) is 17.5 Å². The Morgan fingerprint density at radius 3 is 2.37 bits per heavy atom. The van der Waals surface area contributed by atoms with Crippen LogP contribution < -0.4 is 15.4 Å². The smallest absolute Gasteiger partial charge is 0.263 e. The summed E-state index contributed by atoms with van der Waals surface area (Å²) in [5, 5.41) is 4.96. The third-order valence-electron chi connectivity index (χ3n) is 4.69. The van der Waals surface area contributed by atoms with Crippen LogP contribution in [0.1, 0.15) is 10.4 Å². The van der Waals surface area contributed by atoms with Crippen LogP contribution in [0.4, 0.5) is 23.2 Å². The minimum absolute atomic E-state index is 0.204. The van der Waals surface area contributed by atoms with Crippen LogP contribution in [-0.2, 0) is 0 Å². The lowest BCUT2D eigenvalue weighted by Crippen LogP contribution is -2.35. The largest absolute Gasteiger partial charge is 0.491 e. The van der Waals surface area contributed by atoms with Crippen LogP contribution in [0.15, 0.2) is 40.8 Å². The van der Waals surface area contributed by atoms with Crippen LogP contribution >= 0.6 is 35.4 Å². The number of hydrogen-bond donors (Lipinski definition) is 2.